The number of aromatic carboxylic acids is 1. The van der Waals surface area contributed by atoms with Crippen LogP contribution in [0.5, 0.6) is 0 Å². The predicted octanol–water partition coefficient (Wildman–Crippen LogP) is 3.09. The van der Waals surface area contributed by atoms with E-state index in [1.807, 2.05) is 0 Å². The number of carboxylic acids is 1. The van der Waals surface area contributed by atoms with Gasteiger partial charge in [0.15, 0.2) is 0 Å². The quantitative estimate of drug-likeness (QED) is 0.902. The molecule has 1 amide bonds. The van der Waals surface area contributed by atoms with Crippen LogP contribution in [0.1, 0.15) is 59.2 Å². The standard InChI is InChI=1S/C18H22FNO4/c19-15-11-13(17(22)23)5-6-14(15)16(21)20-9-10-24-18(12-20)7-3-1-2-4-8-18/h5-6,11H,1-4,7-10,12H2,(H,22,23). The summed E-state index contributed by atoms with van der Waals surface area (Å²) >= 11 is 0. The van der Waals surface area contributed by atoms with Crippen LogP contribution in [0.25, 0.3) is 0 Å². The van der Waals surface area contributed by atoms with Crippen molar-refractivity contribution in [2.45, 2.75) is 44.1 Å². The van der Waals surface area contributed by atoms with Crippen LogP contribution in [0.2, 0.25) is 0 Å². The summed E-state index contributed by atoms with van der Waals surface area (Å²) in [6, 6.07) is 3.42. The maximum absolute atomic E-state index is 14.2. The highest BCUT2D eigenvalue weighted by molar-refractivity contribution is 5.96. The largest absolute Gasteiger partial charge is 0.478 e. The molecular formula is C18H22FNO4. The van der Waals surface area contributed by atoms with Crippen molar-refractivity contribution in [3.05, 3.63) is 35.1 Å². The van der Waals surface area contributed by atoms with Crippen LogP contribution in [-0.4, -0.2) is 47.2 Å². The van der Waals surface area contributed by atoms with Crippen molar-refractivity contribution in [1.29, 1.82) is 0 Å². The van der Waals surface area contributed by atoms with E-state index in [4.69, 9.17) is 9.84 Å². The van der Waals surface area contributed by atoms with Crippen LogP contribution in [0.3, 0.4) is 0 Å². The van der Waals surface area contributed by atoms with Gasteiger partial charge in [-0.05, 0) is 31.0 Å². The number of carboxylic acid groups (broad SMARTS) is 1. The highest BCUT2D eigenvalue weighted by atomic mass is 19.1. The molecule has 24 heavy (non-hydrogen) atoms. The minimum Gasteiger partial charge on any atom is -0.478 e. The predicted molar refractivity (Wildman–Crippen MR) is 85.6 cm³/mol. The van der Waals surface area contributed by atoms with Gasteiger partial charge in [-0.1, -0.05) is 25.7 Å². The molecule has 5 nitrogen and oxygen atoms in total. The molecule has 0 atom stereocenters. The molecule has 1 aliphatic heterocycles. The zero-order chi connectivity index (χ0) is 17.2. The van der Waals surface area contributed by atoms with Crippen LogP contribution >= 0.6 is 0 Å². The average molecular weight is 335 g/mol. The number of amides is 1. The Kier molecular flexibility index (Phi) is 4.85. The average Bonchev–Trinajstić information content (AvgIpc) is 2.79. The SMILES string of the molecule is O=C(O)c1ccc(C(=O)N2CCOC3(CCCCCC3)C2)c(F)c1. The van der Waals surface area contributed by atoms with Crippen LogP contribution in [0.15, 0.2) is 18.2 Å². The van der Waals surface area contributed by atoms with Crippen molar-refractivity contribution in [2.24, 2.45) is 0 Å². The van der Waals surface area contributed by atoms with Crippen LogP contribution < -0.4 is 0 Å². The first-order valence-corrected chi connectivity index (χ1v) is 8.47. The topological polar surface area (TPSA) is 66.8 Å². The first-order valence-electron chi connectivity index (χ1n) is 8.47. The van der Waals surface area contributed by atoms with E-state index in [0.29, 0.717) is 19.7 Å². The number of nitrogens with zero attached hydrogens (tertiary/aromatic N) is 1. The Morgan fingerprint density at radius 2 is 1.88 bits per heavy atom. The molecule has 1 saturated heterocycles. The first kappa shape index (κ1) is 16.9. The molecule has 1 heterocycles. The van der Waals surface area contributed by atoms with E-state index in [1.54, 1.807) is 4.90 Å². The fraction of sp³-hybridized carbons (Fsp3) is 0.556. The fourth-order valence-corrected chi connectivity index (χ4v) is 3.69. The van der Waals surface area contributed by atoms with Gasteiger partial charge in [0.25, 0.3) is 5.91 Å². The van der Waals surface area contributed by atoms with E-state index in [1.165, 1.54) is 25.0 Å². The van der Waals surface area contributed by atoms with E-state index in [9.17, 15) is 14.0 Å². The van der Waals surface area contributed by atoms with Gasteiger partial charge in [-0.3, -0.25) is 4.79 Å². The van der Waals surface area contributed by atoms with Gasteiger partial charge in [-0.15, -0.1) is 0 Å². The number of benzene rings is 1. The van der Waals surface area contributed by atoms with Gasteiger partial charge in [0.2, 0.25) is 0 Å². The fourth-order valence-electron chi connectivity index (χ4n) is 3.69. The minimum absolute atomic E-state index is 0.0781. The molecule has 1 aliphatic carbocycles. The van der Waals surface area contributed by atoms with Crippen molar-refractivity contribution in [1.82, 2.24) is 4.90 Å². The number of ether oxygens (including phenoxy) is 1. The highest BCUT2D eigenvalue weighted by Gasteiger charge is 2.39. The number of hydrogen-bond acceptors (Lipinski definition) is 3. The normalized spacial score (nSPS) is 20.6. The molecule has 0 bridgehead atoms. The molecule has 1 spiro atoms. The van der Waals surface area contributed by atoms with Crippen molar-refractivity contribution in [2.75, 3.05) is 19.7 Å². The van der Waals surface area contributed by atoms with Crippen LogP contribution in [-0.2, 0) is 4.74 Å². The zero-order valence-electron chi connectivity index (χ0n) is 13.6. The molecule has 130 valence electrons. The lowest BCUT2D eigenvalue weighted by Gasteiger charge is -2.42. The summed E-state index contributed by atoms with van der Waals surface area (Å²) in [4.78, 5) is 25.2. The Labute approximate surface area is 140 Å². The number of carbonyl (C=O) groups excluding carboxylic acids is 1. The van der Waals surface area contributed by atoms with Gasteiger partial charge in [0, 0.05) is 6.54 Å². The lowest BCUT2D eigenvalue weighted by atomic mass is 9.92. The van der Waals surface area contributed by atoms with E-state index in [0.717, 1.165) is 31.7 Å². The molecule has 0 aromatic heterocycles. The summed E-state index contributed by atoms with van der Waals surface area (Å²) < 4.78 is 20.2. The monoisotopic (exact) mass is 335 g/mol. The second-order valence-corrected chi connectivity index (χ2v) is 6.67. The second kappa shape index (κ2) is 6.89. The van der Waals surface area contributed by atoms with E-state index in [-0.39, 0.29) is 16.7 Å². The minimum atomic E-state index is -1.21. The summed E-state index contributed by atoms with van der Waals surface area (Å²) in [7, 11) is 0. The molecule has 1 aromatic rings. The first-order chi connectivity index (χ1) is 11.5. The summed E-state index contributed by atoms with van der Waals surface area (Å²) in [6.07, 6.45) is 6.40. The summed E-state index contributed by atoms with van der Waals surface area (Å²) in [6.45, 7) is 1.37. The molecule has 0 radical (unpaired) electrons. The van der Waals surface area contributed by atoms with Gasteiger partial charge in [0.05, 0.1) is 29.9 Å². The Balaban J connectivity index is 1.78. The molecule has 1 aromatic carbocycles. The van der Waals surface area contributed by atoms with Crippen LogP contribution in [0, 0.1) is 5.82 Å². The number of carbonyl (C=O) groups is 2. The third-order valence-corrected chi connectivity index (χ3v) is 5.00. The third-order valence-electron chi connectivity index (χ3n) is 5.00. The van der Waals surface area contributed by atoms with Gasteiger partial charge >= 0.3 is 5.97 Å². The molecule has 6 heteroatoms. The maximum Gasteiger partial charge on any atom is 0.335 e. The number of rotatable bonds is 2. The molecular weight excluding hydrogens is 313 g/mol. The molecule has 1 N–H and O–H groups in total. The van der Waals surface area contributed by atoms with Gasteiger partial charge in [-0.25, -0.2) is 9.18 Å². The van der Waals surface area contributed by atoms with Gasteiger partial charge in [0.1, 0.15) is 5.82 Å². The van der Waals surface area contributed by atoms with E-state index in [2.05, 4.69) is 0 Å². The zero-order valence-corrected chi connectivity index (χ0v) is 13.6. The third kappa shape index (κ3) is 3.43. The van der Waals surface area contributed by atoms with Crippen molar-refractivity contribution < 1.29 is 23.8 Å². The number of halogens is 1. The lowest BCUT2D eigenvalue weighted by molar-refractivity contribution is -0.107. The molecule has 2 fully saturated rings. The lowest BCUT2D eigenvalue weighted by Crippen LogP contribution is -2.53. The second-order valence-electron chi connectivity index (χ2n) is 6.67. The number of morpholine rings is 1. The van der Waals surface area contributed by atoms with Crippen molar-refractivity contribution >= 4 is 11.9 Å². The van der Waals surface area contributed by atoms with Crippen molar-refractivity contribution in [3.8, 4) is 0 Å². The summed E-state index contributed by atoms with van der Waals surface area (Å²) in [5.41, 5.74) is -0.543. The Hall–Kier alpha value is -1.95. The Bertz CT molecular complexity index is 638. The highest BCUT2D eigenvalue weighted by Crippen LogP contribution is 2.34. The maximum atomic E-state index is 14.2. The van der Waals surface area contributed by atoms with E-state index >= 15 is 0 Å². The van der Waals surface area contributed by atoms with Crippen molar-refractivity contribution in [3.63, 3.8) is 0 Å². The summed E-state index contributed by atoms with van der Waals surface area (Å²) in [5, 5.41) is 8.90. The molecule has 1 saturated carbocycles. The van der Waals surface area contributed by atoms with Gasteiger partial charge in [-0.2, -0.15) is 0 Å². The number of hydrogen-bond donors (Lipinski definition) is 1. The Morgan fingerprint density at radius 1 is 1.17 bits per heavy atom. The molecule has 0 unspecified atom stereocenters. The smallest absolute Gasteiger partial charge is 0.335 e. The van der Waals surface area contributed by atoms with E-state index < -0.39 is 17.7 Å². The molecule has 2 aliphatic rings. The Morgan fingerprint density at radius 3 is 2.50 bits per heavy atom. The van der Waals surface area contributed by atoms with Crippen LogP contribution in [0.4, 0.5) is 4.39 Å². The van der Waals surface area contributed by atoms with Gasteiger partial charge < -0.3 is 14.7 Å². The summed E-state index contributed by atoms with van der Waals surface area (Å²) in [5.74, 6) is -2.39. The molecule has 3 rings (SSSR count).